The van der Waals surface area contributed by atoms with Gasteiger partial charge in [0, 0.05) is 30.4 Å². The fourth-order valence-corrected chi connectivity index (χ4v) is 4.02. The van der Waals surface area contributed by atoms with Gasteiger partial charge in [-0.3, -0.25) is 4.79 Å². The molecule has 0 saturated heterocycles. The molecule has 1 aromatic heterocycles. The first-order chi connectivity index (χ1) is 13.9. The van der Waals surface area contributed by atoms with E-state index in [1.165, 1.54) is 12.1 Å². The second-order valence-corrected chi connectivity index (χ2v) is 8.63. The Hall–Kier alpha value is -2.93. The Morgan fingerprint density at radius 3 is 2.41 bits per heavy atom. The van der Waals surface area contributed by atoms with E-state index >= 15 is 0 Å². The number of nitrogens with one attached hydrogen (secondary N) is 1. The number of carbonyl (C=O) groups excluding carboxylic acids is 1. The summed E-state index contributed by atoms with van der Waals surface area (Å²) >= 11 is 0. The minimum Gasteiger partial charge on any atom is -0.328 e. The van der Waals surface area contributed by atoms with Crippen molar-refractivity contribution in [2.24, 2.45) is 0 Å². The van der Waals surface area contributed by atoms with E-state index < -0.39 is 15.9 Å². The van der Waals surface area contributed by atoms with Crippen LogP contribution in [0.25, 0.3) is 0 Å². The van der Waals surface area contributed by atoms with Gasteiger partial charge in [0.25, 0.3) is 15.9 Å². The van der Waals surface area contributed by atoms with E-state index in [1.807, 2.05) is 13.1 Å². The van der Waals surface area contributed by atoms with Crippen LogP contribution < -0.4 is 4.72 Å². The van der Waals surface area contributed by atoms with Crippen molar-refractivity contribution in [1.82, 2.24) is 14.3 Å². The number of hydrogen-bond acceptors (Lipinski definition) is 4. The molecule has 6 nitrogen and oxygen atoms in total. The summed E-state index contributed by atoms with van der Waals surface area (Å²) in [4.78, 5) is 16.7. The topological polar surface area (TPSA) is 81.1 Å². The summed E-state index contributed by atoms with van der Waals surface area (Å²) in [7, 11) is -3.93. The molecule has 1 amide bonds. The smallest absolute Gasteiger partial charge is 0.264 e. The van der Waals surface area contributed by atoms with Crippen LogP contribution in [0, 0.1) is 6.92 Å². The van der Waals surface area contributed by atoms with Crippen molar-refractivity contribution in [3.05, 3.63) is 83.4 Å². The quantitative estimate of drug-likeness (QED) is 0.613. The lowest BCUT2D eigenvalue weighted by atomic mass is 10.2. The Balaban J connectivity index is 1.73. The van der Waals surface area contributed by atoms with E-state index in [0.29, 0.717) is 12.1 Å². The van der Waals surface area contributed by atoms with Gasteiger partial charge in [-0.1, -0.05) is 43.7 Å². The number of rotatable bonds is 8. The van der Waals surface area contributed by atoms with E-state index in [-0.39, 0.29) is 4.90 Å². The maximum absolute atomic E-state index is 12.5. The van der Waals surface area contributed by atoms with E-state index in [2.05, 4.69) is 21.2 Å². The lowest BCUT2D eigenvalue weighted by Crippen LogP contribution is -2.30. The van der Waals surface area contributed by atoms with Crippen LogP contribution >= 0.6 is 0 Å². The molecule has 0 unspecified atom stereocenters. The summed E-state index contributed by atoms with van der Waals surface area (Å²) in [5.41, 5.74) is 2.34. The van der Waals surface area contributed by atoms with Gasteiger partial charge in [-0.2, -0.15) is 0 Å². The molecule has 0 atom stereocenters. The van der Waals surface area contributed by atoms with Crippen LogP contribution in [0.1, 0.15) is 47.2 Å². The van der Waals surface area contributed by atoms with E-state index in [1.54, 1.807) is 42.5 Å². The highest BCUT2D eigenvalue weighted by atomic mass is 32.2. The van der Waals surface area contributed by atoms with Gasteiger partial charge in [-0.15, -0.1) is 0 Å². The number of aromatic nitrogens is 2. The van der Waals surface area contributed by atoms with Crippen molar-refractivity contribution in [2.45, 2.75) is 44.6 Å². The second-order valence-electron chi connectivity index (χ2n) is 6.95. The molecule has 1 heterocycles. The lowest BCUT2D eigenvalue weighted by molar-refractivity contribution is 0.0981. The fourth-order valence-electron chi connectivity index (χ4n) is 3.05. The first kappa shape index (κ1) is 20.8. The predicted molar refractivity (Wildman–Crippen MR) is 112 cm³/mol. The van der Waals surface area contributed by atoms with Gasteiger partial charge in [-0.05, 0) is 43.2 Å². The third-order valence-corrected chi connectivity index (χ3v) is 6.08. The molecule has 1 N–H and O–H groups in total. The standard InChI is InChI=1S/C22H25N3O3S/c1-3-4-10-21-23-15-17(2)25(21)16-18-11-13-20(14-12-18)29(27,28)24-22(26)19-8-6-5-7-9-19/h5-9,11-15H,3-4,10,16H2,1-2H3,(H,24,26). The minimum absolute atomic E-state index is 0.0547. The number of carbonyl (C=O) groups is 1. The Morgan fingerprint density at radius 2 is 1.76 bits per heavy atom. The van der Waals surface area contributed by atoms with Crippen molar-refractivity contribution >= 4 is 15.9 Å². The van der Waals surface area contributed by atoms with E-state index in [4.69, 9.17) is 0 Å². The summed E-state index contributed by atoms with van der Waals surface area (Å²) in [5.74, 6) is 0.389. The molecule has 0 aliphatic rings. The normalized spacial score (nSPS) is 11.4. The monoisotopic (exact) mass is 411 g/mol. The van der Waals surface area contributed by atoms with Gasteiger partial charge in [0.1, 0.15) is 5.82 Å². The van der Waals surface area contributed by atoms with Crippen molar-refractivity contribution in [3.63, 3.8) is 0 Å². The molecular formula is C22H25N3O3S. The average molecular weight is 412 g/mol. The van der Waals surface area contributed by atoms with Crippen LogP contribution in [0.5, 0.6) is 0 Å². The zero-order valence-corrected chi connectivity index (χ0v) is 17.4. The molecule has 7 heteroatoms. The van der Waals surface area contributed by atoms with Gasteiger partial charge >= 0.3 is 0 Å². The zero-order valence-electron chi connectivity index (χ0n) is 16.6. The number of amides is 1. The Labute approximate surface area is 171 Å². The highest BCUT2D eigenvalue weighted by molar-refractivity contribution is 7.90. The number of nitrogens with zero attached hydrogens (tertiary/aromatic N) is 2. The summed E-state index contributed by atoms with van der Waals surface area (Å²) in [6.45, 7) is 4.79. The van der Waals surface area contributed by atoms with Crippen LogP contribution in [0.4, 0.5) is 0 Å². The summed E-state index contributed by atoms with van der Waals surface area (Å²) in [5, 5.41) is 0. The predicted octanol–water partition coefficient (Wildman–Crippen LogP) is 3.70. The molecule has 3 aromatic rings. The Morgan fingerprint density at radius 1 is 1.07 bits per heavy atom. The number of hydrogen-bond donors (Lipinski definition) is 1. The number of imidazole rings is 1. The van der Waals surface area contributed by atoms with Crippen LogP contribution in [-0.2, 0) is 23.0 Å². The minimum atomic E-state index is -3.93. The first-order valence-electron chi connectivity index (χ1n) is 9.63. The molecule has 0 aliphatic heterocycles. The average Bonchev–Trinajstić information content (AvgIpc) is 3.06. The van der Waals surface area contributed by atoms with Crippen molar-refractivity contribution < 1.29 is 13.2 Å². The SMILES string of the molecule is CCCCc1ncc(C)n1Cc1ccc(S(=O)(=O)NC(=O)c2ccccc2)cc1. The van der Waals surface area contributed by atoms with Gasteiger partial charge in [0.15, 0.2) is 0 Å². The van der Waals surface area contributed by atoms with Crippen LogP contribution in [-0.4, -0.2) is 23.9 Å². The number of sulfonamides is 1. The van der Waals surface area contributed by atoms with Gasteiger partial charge in [-0.25, -0.2) is 18.1 Å². The number of unbranched alkanes of at least 4 members (excludes halogenated alkanes) is 1. The Kier molecular flexibility index (Phi) is 6.49. The molecule has 29 heavy (non-hydrogen) atoms. The van der Waals surface area contributed by atoms with Gasteiger partial charge in [0.2, 0.25) is 0 Å². The highest BCUT2D eigenvalue weighted by Gasteiger charge is 2.18. The first-order valence-corrected chi connectivity index (χ1v) is 11.1. The molecule has 3 rings (SSSR count). The largest absolute Gasteiger partial charge is 0.328 e. The van der Waals surface area contributed by atoms with Crippen LogP contribution in [0.3, 0.4) is 0 Å². The number of aryl methyl sites for hydroxylation is 2. The lowest BCUT2D eigenvalue weighted by Gasteiger charge is -2.11. The maximum Gasteiger partial charge on any atom is 0.264 e. The molecule has 0 radical (unpaired) electrons. The summed E-state index contributed by atoms with van der Waals surface area (Å²) in [6, 6.07) is 14.8. The molecule has 152 valence electrons. The molecule has 0 aliphatic carbocycles. The summed E-state index contributed by atoms with van der Waals surface area (Å²) in [6.07, 6.45) is 4.97. The highest BCUT2D eigenvalue weighted by Crippen LogP contribution is 2.15. The molecule has 0 saturated carbocycles. The van der Waals surface area contributed by atoms with E-state index in [0.717, 1.165) is 36.3 Å². The van der Waals surface area contributed by atoms with Crippen LogP contribution in [0.2, 0.25) is 0 Å². The number of benzene rings is 2. The Bertz CT molecular complexity index is 1070. The van der Waals surface area contributed by atoms with Gasteiger partial charge < -0.3 is 4.57 Å². The maximum atomic E-state index is 12.5. The van der Waals surface area contributed by atoms with Crippen molar-refractivity contribution in [1.29, 1.82) is 0 Å². The third kappa shape index (κ3) is 5.12. The molecular weight excluding hydrogens is 386 g/mol. The van der Waals surface area contributed by atoms with Crippen molar-refractivity contribution in [3.8, 4) is 0 Å². The third-order valence-electron chi connectivity index (χ3n) is 4.73. The molecule has 0 fully saturated rings. The van der Waals surface area contributed by atoms with E-state index in [9.17, 15) is 13.2 Å². The zero-order chi connectivity index (χ0) is 20.9. The summed E-state index contributed by atoms with van der Waals surface area (Å²) < 4.78 is 29.3. The second kappa shape index (κ2) is 9.05. The molecule has 2 aromatic carbocycles. The fraction of sp³-hybridized carbons (Fsp3) is 0.273. The molecule has 0 bridgehead atoms. The molecule has 0 spiro atoms. The van der Waals surface area contributed by atoms with Crippen LogP contribution in [0.15, 0.2) is 65.7 Å². The van der Waals surface area contributed by atoms with Gasteiger partial charge in [0.05, 0.1) is 4.90 Å². The van der Waals surface area contributed by atoms with Crippen molar-refractivity contribution in [2.75, 3.05) is 0 Å².